The highest BCUT2D eigenvalue weighted by atomic mass is 32.2. The molecule has 0 unspecified atom stereocenters. The molecule has 8 nitrogen and oxygen atoms in total. The van der Waals surface area contributed by atoms with E-state index in [1.165, 1.54) is 12.1 Å². The second-order valence-electron chi connectivity index (χ2n) is 6.70. The molecule has 1 aromatic carbocycles. The number of primary sulfonamides is 1. The summed E-state index contributed by atoms with van der Waals surface area (Å²) in [6.45, 7) is 6.80. The maximum absolute atomic E-state index is 11.5. The largest absolute Gasteiger partial charge is 0.378 e. The molecule has 1 aromatic rings. The molecular formula is C17H27N3O5S. The summed E-state index contributed by atoms with van der Waals surface area (Å²) in [5.41, 5.74) is 0.0330. The smallest absolute Gasteiger partial charge is 0.293 e. The molecule has 146 valence electrons. The molecule has 0 saturated heterocycles. The molecule has 0 aromatic heterocycles. The molecule has 2 atom stereocenters. The van der Waals surface area contributed by atoms with Crippen LogP contribution in [-0.2, 0) is 14.8 Å². The van der Waals surface area contributed by atoms with E-state index in [-0.39, 0.29) is 28.1 Å². The predicted octanol–water partition coefficient (Wildman–Crippen LogP) is 2.66. The van der Waals surface area contributed by atoms with Crippen LogP contribution in [0.5, 0.6) is 0 Å². The number of nitrogens with zero attached hydrogens (tertiary/aromatic N) is 2. The van der Waals surface area contributed by atoms with Crippen LogP contribution < -0.4 is 10.0 Å². The SMILES string of the molecule is CCO[C@@H]1C[C@H](N(C)c2ccc(S(N)(=O)=O)cc2[N+](=O)[O-])C1(CC)CC. The van der Waals surface area contributed by atoms with Gasteiger partial charge in [0, 0.05) is 31.2 Å². The Morgan fingerprint density at radius 3 is 2.42 bits per heavy atom. The number of nitro benzene ring substituents is 1. The van der Waals surface area contributed by atoms with Crippen molar-refractivity contribution in [3.8, 4) is 0 Å². The third-order valence-corrected chi connectivity index (χ3v) is 6.66. The summed E-state index contributed by atoms with van der Waals surface area (Å²) >= 11 is 0. The number of benzene rings is 1. The minimum absolute atomic E-state index is 0.0769. The van der Waals surface area contributed by atoms with Gasteiger partial charge in [-0.2, -0.15) is 0 Å². The van der Waals surface area contributed by atoms with Crippen molar-refractivity contribution in [3.05, 3.63) is 28.3 Å². The Hall–Kier alpha value is -1.71. The number of nitro groups is 1. The Bertz CT molecular complexity index is 777. The van der Waals surface area contributed by atoms with Crippen molar-refractivity contribution in [3.63, 3.8) is 0 Å². The van der Waals surface area contributed by atoms with Crippen LogP contribution in [0.2, 0.25) is 0 Å². The lowest BCUT2D eigenvalue weighted by Crippen LogP contribution is -2.64. The van der Waals surface area contributed by atoms with Gasteiger partial charge < -0.3 is 9.64 Å². The molecule has 1 aliphatic rings. The van der Waals surface area contributed by atoms with E-state index in [4.69, 9.17) is 9.88 Å². The Labute approximate surface area is 154 Å². The third-order valence-electron chi connectivity index (χ3n) is 5.75. The van der Waals surface area contributed by atoms with Gasteiger partial charge in [0.2, 0.25) is 10.0 Å². The maximum Gasteiger partial charge on any atom is 0.293 e. The van der Waals surface area contributed by atoms with Gasteiger partial charge in [-0.05, 0) is 38.3 Å². The summed E-state index contributed by atoms with van der Waals surface area (Å²) in [6.07, 6.45) is 2.69. The minimum atomic E-state index is -4.00. The molecule has 0 amide bonds. The van der Waals surface area contributed by atoms with Crippen LogP contribution in [0.3, 0.4) is 0 Å². The topological polar surface area (TPSA) is 116 Å². The maximum atomic E-state index is 11.5. The lowest BCUT2D eigenvalue weighted by atomic mass is 9.58. The number of rotatable bonds is 8. The number of nitrogens with two attached hydrogens (primary N) is 1. The second-order valence-corrected chi connectivity index (χ2v) is 8.26. The lowest BCUT2D eigenvalue weighted by Gasteiger charge is -2.58. The van der Waals surface area contributed by atoms with Crippen LogP contribution in [0.4, 0.5) is 11.4 Å². The second kappa shape index (κ2) is 7.50. The van der Waals surface area contributed by atoms with Crippen molar-refractivity contribution >= 4 is 21.4 Å². The van der Waals surface area contributed by atoms with E-state index in [1.807, 2.05) is 18.9 Å². The quantitative estimate of drug-likeness (QED) is 0.543. The first-order valence-electron chi connectivity index (χ1n) is 8.78. The Kier molecular flexibility index (Phi) is 5.94. The predicted molar refractivity (Wildman–Crippen MR) is 99.7 cm³/mol. The molecule has 2 rings (SSSR count). The van der Waals surface area contributed by atoms with E-state index < -0.39 is 14.9 Å². The van der Waals surface area contributed by atoms with Crippen LogP contribution in [0.1, 0.15) is 40.0 Å². The normalized spacial score (nSPS) is 21.9. The molecule has 1 saturated carbocycles. The molecule has 0 spiro atoms. The Morgan fingerprint density at radius 2 is 1.96 bits per heavy atom. The van der Waals surface area contributed by atoms with Crippen molar-refractivity contribution in [2.75, 3.05) is 18.6 Å². The van der Waals surface area contributed by atoms with Gasteiger partial charge in [0.05, 0.1) is 15.9 Å². The summed E-state index contributed by atoms with van der Waals surface area (Å²) in [5, 5.41) is 16.6. The first-order valence-corrected chi connectivity index (χ1v) is 10.3. The fourth-order valence-corrected chi connectivity index (χ4v) is 4.71. The fraction of sp³-hybridized carbons (Fsp3) is 0.647. The molecule has 0 heterocycles. The highest BCUT2D eigenvalue weighted by Gasteiger charge is 2.55. The van der Waals surface area contributed by atoms with E-state index >= 15 is 0 Å². The number of hydrogen-bond acceptors (Lipinski definition) is 6. The molecule has 0 aliphatic heterocycles. The van der Waals surface area contributed by atoms with Gasteiger partial charge in [-0.25, -0.2) is 13.6 Å². The van der Waals surface area contributed by atoms with Crippen LogP contribution in [0, 0.1) is 15.5 Å². The summed E-state index contributed by atoms with van der Waals surface area (Å²) in [6, 6.07) is 3.88. The highest BCUT2D eigenvalue weighted by Crippen LogP contribution is 2.52. The number of anilines is 1. The van der Waals surface area contributed by atoms with Crippen molar-refractivity contribution in [1.29, 1.82) is 0 Å². The number of hydrogen-bond donors (Lipinski definition) is 1. The van der Waals surface area contributed by atoms with Gasteiger partial charge in [-0.1, -0.05) is 13.8 Å². The standard InChI is InChI=1S/C17H27N3O5S/c1-5-17(6-2)15(11-16(17)25-7-3)19(4)13-9-8-12(26(18,23)24)10-14(13)20(21)22/h8-10,15-16H,5-7,11H2,1-4H3,(H2,18,23,24)/t15-,16+/m0/s1. The highest BCUT2D eigenvalue weighted by molar-refractivity contribution is 7.89. The van der Waals surface area contributed by atoms with E-state index in [1.54, 1.807) is 0 Å². The van der Waals surface area contributed by atoms with Crippen molar-refractivity contribution in [2.24, 2.45) is 10.6 Å². The summed E-state index contributed by atoms with van der Waals surface area (Å²) in [7, 11) is -2.19. The first kappa shape index (κ1) is 20.6. The average Bonchev–Trinajstić information content (AvgIpc) is 2.57. The molecule has 1 fully saturated rings. The van der Waals surface area contributed by atoms with E-state index in [0.29, 0.717) is 12.3 Å². The van der Waals surface area contributed by atoms with E-state index in [9.17, 15) is 18.5 Å². The zero-order valence-electron chi connectivity index (χ0n) is 15.6. The molecule has 0 bridgehead atoms. The van der Waals surface area contributed by atoms with Gasteiger partial charge in [0.15, 0.2) is 0 Å². The summed E-state index contributed by atoms with van der Waals surface area (Å²) in [4.78, 5) is 12.6. The molecule has 9 heteroatoms. The summed E-state index contributed by atoms with van der Waals surface area (Å²) in [5.74, 6) is 0. The zero-order chi connectivity index (χ0) is 19.7. The lowest BCUT2D eigenvalue weighted by molar-refractivity contribution is -0.384. The van der Waals surface area contributed by atoms with Gasteiger partial charge in [0.1, 0.15) is 5.69 Å². The molecule has 2 N–H and O–H groups in total. The Morgan fingerprint density at radius 1 is 1.35 bits per heavy atom. The average molecular weight is 385 g/mol. The van der Waals surface area contributed by atoms with Gasteiger partial charge >= 0.3 is 0 Å². The van der Waals surface area contributed by atoms with Crippen LogP contribution >= 0.6 is 0 Å². The number of sulfonamides is 1. The molecule has 26 heavy (non-hydrogen) atoms. The van der Waals surface area contributed by atoms with Crippen molar-refractivity contribution in [1.82, 2.24) is 0 Å². The third kappa shape index (κ3) is 3.43. The van der Waals surface area contributed by atoms with Crippen molar-refractivity contribution in [2.45, 2.75) is 57.1 Å². The molecule has 1 aliphatic carbocycles. The van der Waals surface area contributed by atoms with E-state index in [0.717, 1.165) is 25.3 Å². The van der Waals surface area contributed by atoms with Crippen LogP contribution in [-0.4, -0.2) is 39.1 Å². The monoisotopic (exact) mass is 385 g/mol. The zero-order valence-corrected chi connectivity index (χ0v) is 16.5. The fourth-order valence-electron chi connectivity index (χ4n) is 4.17. The first-order chi connectivity index (χ1) is 12.1. The van der Waals surface area contributed by atoms with Crippen molar-refractivity contribution < 1.29 is 18.1 Å². The Balaban J connectivity index is 2.43. The molecular weight excluding hydrogens is 358 g/mol. The van der Waals surface area contributed by atoms with Gasteiger partial charge in [-0.3, -0.25) is 10.1 Å². The van der Waals surface area contributed by atoms with E-state index in [2.05, 4.69) is 13.8 Å². The van der Waals surface area contributed by atoms with Gasteiger partial charge in [-0.15, -0.1) is 0 Å². The summed E-state index contributed by atoms with van der Waals surface area (Å²) < 4.78 is 28.9. The van der Waals surface area contributed by atoms with Gasteiger partial charge in [0.25, 0.3) is 5.69 Å². The van der Waals surface area contributed by atoms with Crippen LogP contribution in [0.25, 0.3) is 0 Å². The van der Waals surface area contributed by atoms with Crippen LogP contribution in [0.15, 0.2) is 23.1 Å². The minimum Gasteiger partial charge on any atom is -0.378 e. The molecule has 0 radical (unpaired) electrons. The number of ether oxygens (including phenoxy) is 1.